The van der Waals surface area contributed by atoms with Crippen LogP contribution in [0.3, 0.4) is 0 Å². The maximum absolute atomic E-state index is 8.38. The molecule has 0 bridgehead atoms. The zero-order chi connectivity index (χ0) is 12.2. The van der Waals surface area contributed by atoms with Crippen molar-refractivity contribution in [1.29, 1.82) is 0 Å². The van der Waals surface area contributed by atoms with E-state index < -0.39 is 12.2 Å². The lowest BCUT2D eigenvalue weighted by Crippen LogP contribution is -2.20. The van der Waals surface area contributed by atoms with Crippen molar-refractivity contribution in [1.82, 2.24) is 0 Å². The lowest BCUT2D eigenvalue weighted by molar-refractivity contribution is -0.143. The molecule has 1 heterocycles. The van der Waals surface area contributed by atoms with Crippen LogP contribution in [-0.2, 0) is 9.47 Å². The highest BCUT2D eigenvalue weighted by Crippen LogP contribution is 2.26. The normalized spacial score (nSPS) is 32.8. The first kappa shape index (κ1) is 14.8. The van der Waals surface area contributed by atoms with E-state index in [2.05, 4.69) is 0 Å². The predicted octanol–water partition coefficient (Wildman–Crippen LogP) is 1.29. The third kappa shape index (κ3) is 6.10. The molecule has 4 heteroatoms. The van der Waals surface area contributed by atoms with E-state index in [4.69, 9.17) is 19.7 Å². The molecule has 0 radical (unpaired) electrons. The molecule has 4 unspecified atom stereocenters. The zero-order valence-corrected chi connectivity index (χ0v) is 10.5. The summed E-state index contributed by atoms with van der Waals surface area (Å²) in [5.41, 5.74) is 0. The van der Waals surface area contributed by atoms with Crippen LogP contribution in [0.25, 0.3) is 0 Å². The van der Waals surface area contributed by atoms with Crippen molar-refractivity contribution >= 4 is 0 Å². The maximum Gasteiger partial charge on any atom is 0.163 e. The largest absolute Gasteiger partial charge is 0.391 e. The second-order valence-corrected chi connectivity index (χ2v) is 4.53. The summed E-state index contributed by atoms with van der Waals surface area (Å²) in [5.74, 6) is -0.362. The SMILES string of the molecule is CC(O)C(C)O.CC1OC(C)(C)OC1C. The fourth-order valence-electron chi connectivity index (χ4n) is 1.11. The summed E-state index contributed by atoms with van der Waals surface area (Å²) in [6, 6.07) is 0. The van der Waals surface area contributed by atoms with E-state index in [9.17, 15) is 0 Å². The highest BCUT2D eigenvalue weighted by atomic mass is 16.7. The van der Waals surface area contributed by atoms with E-state index in [1.807, 2.05) is 27.7 Å². The molecule has 0 amide bonds. The Balaban J connectivity index is 0.000000288. The Kier molecular flexibility index (Phi) is 5.73. The van der Waals surface area contributed by atoms with Gasteiger partial charge >= 0.3 is 0 Å². The van der Waals surface area contributed by atoms with Crippen molar-refractivity contribution in [2.75, 3.05) is 0 Å². The number of ether oxygens (including phenoxy) is 2. The molecule has 0 aromatic carbocycles. The molecule has 4 nitrogen and oxygen atoms in total. The molecule has 1 rings (SSSR count). The number of rotatable bonds is 1. The molecule has 0 aromatic rings. The monoisotopic (exact) mass is 220 g/mol. The minimum atomic E-state index is -0.593. The highest BCUT2D eigenvalue weighted by molar-refractivity contribution is 4.73. The van der Waals surface area contributed by atoms with Crippen LogP contribution in [0.2, 0.25) is 0 Å². The summed E-state index contributed by atoms with van der Waals surface area (Å²) in [6.07, 6.45) is -0.713. The Morgan fingerprint density at radius 1 is 0.933 bits per heavy atom. The molecular formula is C11H24O4. The third-order valence-electron chi connectivity index (χ3n) is 2.30. The predicted molar refractivity (Wildman–Crippen MR) is 58.5 cm³/mol. The fourth-order valence-corrected chi connectivity index (χ4v) is 1.11. The summed E-state index contributed by atoms with van der Waals surface area (Å²) in [4.78, 5) is 0. The van der Waals surface area contributed by atoms with E-state index in [-0.39, 0.29) is 18.0 Å². The van der Waals surface area contributed by atoms with Crippen LogP contribution >= 0.6 is 0 Å². The van der Waals surface area contributed by atoms with Gasteiger partial charge in [0.25, 0.3) is 0 Å². The van der Waals surface area contributed by atoms with Crippen LogP contribution in [-0.4, -0.2) is 40.4 Å². The maximum atomic E-state index is 8.38. The average Bonchev–Trinajstić information content (AvgIpc) is 2.24. The van der Waals surface area contributed by atoms with Gasteiger partial charge in [-0.2, -0.15) is 0 Å². The van der Waals surface area contributed by atoms with Gasteiger partial charge in [0.05, 0.1) is 24.4 Å². The van der Waals surface area contributed by atoms with Crippen molar-refractivity contribution < 1.29 is 19.7 Å². The van der Waals surface area contributed by atoms with E-state index >= 15 is 0 Å². The first-order valence-corrected chi connectivity index (χ1v) is 5.37. The van der Waals surface area contributed by atoms with Gasteiger partial charge in [0.1, 0.15) is 0 Å². The first-order valence-electron chi connectivity index (χ1n) is 5.37. The van der Waals surface area contributed by atoms with E-state index in [0.29, 0.717) is 0 Å². The quantitative estimate of drug-likeness (QED) is 0.699. The van der Waals surface area contributed by atoms with E-state index in [1.54, 1.807) is 13.8 Å². The van der Waals surface area contributed by atoms with Gasteiger partial charge in [0.2, 0.25) is 0 Å². The molecule has 1 aliphatic rings. The van der Waals surface area contributed by atoms with E-state index in [1.165, 1.54) is 0 Å². The second-order valence-electron chi connectivity index (χ2n) is 4.53. The zero-order valence-electron chi connectivity index (χ0n) is 10.5. The van der Waals surface area contributed by atoms with Gasteiger partial charge in [0.15, 0.2) is 5.79 Å². The highest BCUT2D eigenvalue weighted by Gasteiger charge is 2.35. The topological polar surface area (TPSA) is 58.9 Å². The number of aliphatic hydroxyl groups excluding tert-OH is 2. The van der Waals surface area contributed by atoms with Crippen molar-refractivity contribution in [2.24, 2.45) is 0 Å². The van der Waals surface area contributed by atoms with Gasteiger partial charge in [-0.1, -0.05) is 0 Å². The van der Waals surface area contributed by atoms with Crippen molar-refractivity contribution in [2.45, 2.75) is 71.7 Å². The Hall–Kier alpha value is -0.160. The van der Waals surface area contributed by atoms with E-state index in [0.717, 1.165) is 0 Å². The van der Waals surface area contributed by atoms with Gasteiger partial charge in [-0.15, -0.1) is 0 Å². The van der Waals surface area contributed by atoms with Crippen molar-refractivity contribution in [3.63, 3.8) is 0 Å². The third-order valence-corrected chi connectivity index (χ3v) is 2.30. The Morgan fingerprint density at radius 2 is 1.20 bits per heavy atom. The average molecular weight is 220 g/mol. The summed E-state index contributed by atoms with van der Waals surface area (Å²) in [5, 5.41) is 16.8. The molecule has 1 aliphatic heterocycles. The van der Waals surface area contributed by atoms with Crippen molar-refractivity contribution in [3.05, 3.63) is 0 Å². The molecule has 0 aromatic heterocycles. The molecule has 1 saturated heterocycles. The summed E-state index contributed by atoms with van der Waals surface area (Å²) in [6.45, 7) is 11.0. The second kappa shape index (κ2) is 5.80. The van der Waals surface area contributed by atoms with Gasteiger partial charge in [-0.05, 0) is 41.5 Å². The number of hydrogen-bond acceptors (Lipinski definition) is 4. The molecular weight excluding hydrogens is 196 g/mol. The van der Waals surface area contributed by atoms with Gasteiger partial charge in [-0.25, -0.2) is 0 Å². The standard InChI is InChI=1S/C7H14O2.C4H10O2/c1-5-6(2)9-7(3,4)8-5;1-3(5)4(2)6/h5-6H,1-4H3;3-6H,1-2H3. The fraction of sp³-hybridized carbons (Fsp3) is 1.00. The minimum Gasteiger partial charge on any atom is -0.391 e. The molecule has 0 saturated carbocycles. The molecule has 4 atom stereocenters. The first-order chi connectivity index (χ1) is 6.65. The van der Waals surface area contributed by atoms with Crippen LogP contribution in [0, 0.1) is 0 Å². The van der Waals surface area contributed by atoms with Crippen LogP contribution in [0.4, 0.5) is 0 Å². The molecule has 0 aliphatic carbocycles. The molecule has 0 spiro atoms. The van der Waals surface area contributed by atoms with Gasteiger partial charge < -0.3 is 19.7 Å². The Labute approximate surface area is 92.2 Å². The van der Waals surface area contributed by atoms with Crippen LogP contribution < -0.4 is 0 Å². The smallest absolute Gasteiger partial charge is 0.163 e. The van der Waals surface area contributed by atoms with Crippen LogP contribution in [0.5, 0.6) is 0 Å². The molecule has 2 N–H and O–H groups in total. The number of hydrogen-bond donors (Lipinski definition) is 2. The van der Waals surface area contributed by atoms with Crippen LogP contribution in [0.1, 0.15) is 41.5 Å². The lowest BCUT2D eigenvalue weighted by atomic mass is 10.3. The lowest BCUT2D eigenvalue weighted by Gasteiger charge is -2.15. The Bertz CT molecular complexity index is 159. The number of aliphatic hydroxyl groups is 2. The summed E-state index contributed by atoms with van der Waals surface area (Å²) >= 11 is 0. The molecule has 92 valence electrons. The van der Waals surface area contributed by atoms with Gasteiger partial charge in [0, 0.05) is 0 Å². The Morgan fingerprint density at radius 3 is 1.27 bits per heavy atom. The molecule has 15 heavy (non-hydrogen) atoms. The minimum absolute atomic E-state index is 0.236. The van der Waals surface area contributed by atoms with Crippen LogP contribution in [0.15, 0.2) is 0 Å². The van der Waals surface area contributed by atoms with Gasteiger partial charge in [-0.3, -0.25) is 0 Å². The molecule has 1 fully saturated rings. The van der Waals surface area contributed by atoms with Crippen molar-refractivity contribution in [3.8, 4) is 0 Å². The summed E-state index contributed by atoms with van der Waals surface area (Å²) < 4.78 is 10.9. The summed E-state index contributed by atoms with van der Waals surface area (Å²) in [7, 11) is 0.